The Bertz CT molecular complexity index is 713. The van der Waals surface area contributed by atoms with Crippen LogP contribution in [-0.2, 0) is 11.2 Å². The molecule has 1 amide bonds. The van der Waals surface area contributed by atoms with E-state index in [-0.39, 0.29) is 5.91 Å². The number of hydrogen-bond acceptors (Lipinski definition) is 2. The summed E-state index contributed by atoms with van der Waals surface area (Å²) in [5.41, 5.74) is 4.02. The van der Waals surface area contributed by atoms with Crippen LogP contribution in [0.25, 0.3) is 5.57 Å². The van der Waals surface area contributed by atoms with E-state index in [1.807, 2.05) is 43.5 Å². The van der Waals surface area contributed by atoms with Crippen LogP contribution in [0.15, 0.2) is 73.2 Å². The third kappa shape index (κ3) is 5.72. The van der Waals surface area contributed by atoms with Gasteiger partial charge in [0.05, 0.1) is 6.20 Å². The highest BCUT2D eigenvalue weighted by Gasteiger charge is 2.03. The van der Waals surface area contributed by atoms with Gasteiger partial charge in [0.15, 0.2) is 0 Å². The van der Waals surface area contributed by atoms with Crippen LogP contribution in [0, 0.1) is 0 Å². The van der Waals surface area contributed by atoms with Crippen molar-refractivity contribution < 1.29 is 4.79 Å². The molecule has 4 heteroatoms. The molecule has 0 radical (unpaired) electrons. The van der Waals surface area contributed by atoms with Crippen molar-refractivity contribution in [1.82, 2.24) is 15.5 Å². The van der Waals surface area contributed by atoms with Gasteiger partial charge in [-0.05, 0) is 43.1 Å². The summed E-state index contributed by atoms with van der Waals surface area (Å²) in [6.45, 7) is 5.74. The zero-order valence-corrected chi connectivity index (χ0v) is 14.0. The highest BCUT2D eigenvalue weighted by atomic mass is 16.1. The van der Waals surface area contributed by atoms with Crippen LogP contribution in [-0.4, -0.2) is 16.1 Å². The molecule has 2 rings (SSSR count). The summed E-state index contributed by atoms with van der Waals surface area (Å²) in [7, 11) is 0. The number of rotatable bonds is 8. The van der Waals surface area contributed by atoms with Crippen molar-refractivity contribution in [3.05, 3.63) is 84.4 Å². The smallest absolute Gasteiger partial charge is 0.224 e. The number of amides is 1. The number of carbonyl (C=O) groups is 1. The van der Waals surface area contributed by atoms with Crippen LogP contribution in [0.5, 0.6) is 0 Å². The number of hydrogen-bond donors (Lipinski definition) is 2. The van der Waals surface area contributed by atoms with Gasteiger partial charge in [-0.2, -0.15) is 5.10 Å². The van der Waals surface area contributed by atoms with Crippen molar-refractivity contribution in [3.8, 4) is 0 Å². The van der Waals surface area contributed by atoms with Crippen LogP contribution in [0.2, 0.25) is 0 Å². The molecule has 1 heterocycles. The standard InChI is InChI=1S/C20H23N3O/c1-3-19(13-12-16(2)18-14-21-22-15-18)23-20(24)11-7-10-17-8-5-4-6-9-17/h3-6,8-9,12-15H,1,7,10-11H2,2H3,(H,21,22)(H,23,24)/b16-12+,19-13+. The van der Waals surface area contributed by atoms with E-state index in [0.29, 0.717) is 12.1 Å². The van der Waals surface area contributed by atoms with Crippen LogP contribution >= 0.6 is 0 Å². The summed E-state index contributed by atoms with van der Waals surface area (Å²) in [5.74, 6) is 0.00597. The van der Waals surface area contributed by atoms with Gasteiger partial charge in [-0.1, -0.05) is 43.0 Å². The minimum atomic E-state index is 0.00597. The molecule has 0 saturated carbocycles. The molecule has 0 aliphatic heterocycles. The lowest BCUT2D eigenvalue weighted by molar-refractivity contribution is -0.120. The van der Waals surface area contributed by atoms with E-state index in [4.69, 9.17) is 0 Å². The number of aromatic amines is 1. The Hall–Kier alpha value is -2.88. The number of benzene rings is 1. The maximum Gasteiger partial charge on any atom is 0.224 e. The molecule has 0 atom stereocenters. The number of H-pyrrole nitrogens is 1. The molecule has 124 valence electrons. The minimum Gasteiger partial charge on any atom is -0.326 e. The predicted octanol–water partition coefficient (Wildman–Crippen LogP) is 4.02. The van der Waals surface area contributed by atoms with Crippen molar-refractivity contribution in [2.45, 2.75) is 26.2 Å². The normalized spacial score (nSPS) is 12.0. The fourth-order valence-corrected chi connectivity index (χ4v) is 2.26. The predicted molar refractivity (Wildman–Crippen MR) is 98.0 cm³/mol. The molecular weight excluding hydrogens is 298 g/mol. The monoisotopic (exact) mass is 321 g/mol. The van der Waals surface area contributed by atoms with Crippen LogP contribution in [0.1, 0.15) is 30.9 Å². The molecule has 0 aliphatic rings. The van der Waals surface area contributed by atoms with E-state index >= 15 is 0 Å². The zero-order valence-electron chi connectivity index (χ0n) is 14.0. The molecule has 0 fully saturated rings. The lowest BCUT2D eigenvalue weighted by atomic mass is 10.1. The number of aromatic nitrogens is 2. The van der Waals surface area contributed by atoms with E-state index in [1.54, 1.807) is 12.3 Å². The Kier molecular flexibility index (Phi) is 6.77. The largest absolute Gasteiger partial charge is 0.326 e. The van der Waals surface area contributed by atoms with Gasteiger partial charge in [0.25, 0.3) is 0 Å². The molecule has 1 aromatic heterocycles. The highest BCUT2D eigenvalue weighted by molar-refractivity contribution is 5.78. The van der Waals surface area contributed by atoms with Crippen molar-refractivity contribution in [1.29, 1.82) is 0 Å². The molecule has 4 nitrogen and oxygen atoms in total. The zero-order chi connectivity index (χ0) is 17.2. The third-order valence-corrected chi connectivity index (χ3v) is 3.68. The summed E-state index contributed by atoms with van der Waals surface area (Å²) >= 11 is 0. The molecule has 0 saturated heterocycles. The second kappa shape index (κ2) is 9.30. The summed E-state index contributed by atoms with van der Waals surface area (Å²) in [6.07, 6.45) is 11.2. The second-order valence-corrected chi connectivity index (χ2v) is 5.55. The molecule has 1 aromatic carbocycles. The summed E-state index contributed by atoms with van der Waals surface area (Å²) in [5, 5.41) is 9.59. The number of aryl methyl sites for hydroxylation is 1. The lowest BCUT2D eigenvalue weighted by Gasteiger charge is -2.06. The first-order chi connectivity index (χ1) is 11.7. The first kappa shape index (κ1) is 17.5. The van der Waals surface area contributed by atoms with Crippen molar-refractivity contribution >= 4 is 11.5 Å². The van der Waals surface area contributed by atoms with E-state index in [1.165, 1.54) is 5.56 Å². The molecule has 24 heavy (non-hydrogen) atoms. The summed E-state index contributed by atoms with van der Waals surface area (Å²) in [6, 6.07) is 10.2. The maximum absolute atomic E-state index is 12.0. The minimum absolute atomic E-state index is 0.00597. The topological polar surface area (TPSA) is 57.8 Å². The van der Waals surface area contributed by atoms with Gasteiger partial charge < -0.3 is 5.32 Å². The molecule has 2 aromatic rings. The van der Waals surface area contributed by atoms with Gasteiger partial charge in [0.2, 0.25) is 5.91 Å². The van der Waals surface area contributed by atoms with E-state index in [9.17, 15) is 4.79 Å². The quantitative estimate of drug-likeness (QED) is 0.721. The van der Waals surface area contributed by atoms with Gasteiger partial charge in [-0.15, -0.1) is 0 Å². The Labute approximate surface area is 143 Å². The highest BCUT2D eigenvalue weighted by Crippen LogP contribution is 2.11. The van der Waals surface area contributed by atoms with Crippen LogP contribution in [0.3, 0.4) is 0 Å². The second-order valence-electron chi connectivity index (χ2n) is 5.55. The van der Waals surface area contributed by atoms with Crippen LogP contribution in [0.4, 0.5) is 0 Å². The summed E-state index contributed by atoms with van der Waals surface area (Å²) < 4.78 is 0. The number of nitrogens with zero attached hydrogens (tertiary/aromatic N) is 1. The van der Waals surface area contributed by atoms with Gasteiger partial charge in [0.1, 0.15) is 0 Å². The van der Waals surface area contributed by atoms with Crippen molar-refractivity contribution in [2.75, 3.05) is 0 Å². The van der Waals surface area contributed by atoms with Crippen molar-refractivity contribution in [3.63, 3.8) is 0 Å². The number of carbonyl (C=O) groups excluding carboxylic acids is 1. The average Bonchev–Trinajstić information content (AvgIpc) is 3.14. The molecule has 0 unspecified atom stereocenters. The number of allylic oxidation sites excluding steroid dienone is 4. The Morgan fingerprint density at radius 3 is 2.75 bits per heavy atom. The van der Waals surface area contributed by atoms with Crippen LogP contribution < -0.4 is 5.32 Å². The molecular formula is C20H23N3O. The molecule has 0 spiro atoms. The Morgan fingerprint density at radius 2 is 2.08 bits per heavy atom. The number of nitrogens with one attached hydrogen (secondary N) is 2. The third-order valence-electron chi connectivity index (χ3n) is 3.68. The van der Waals surface area contributed by atoms with E-state index in [0.717, 1.165) is 24.0 Å². The lowest BCUT2D eigenvalue weighted by Crippen LogP contribution is -2.21. The van der Waals surface area contributed by atoms with Crippen molar-refractivity contribution in [2.24, 2.45) is 0 Å². The van der Waals surface area contributed by atoms with Gasteiger partial charge in [-0.25, -0.2) is 0 Å². The summed E-state index contributed by atoms with van der Waals surface area (Å²) in [4.78, 5) is 12.0. The van der Waals surface area contributed by atoms with Gasteiger partial charge in [0, 0.05) is 23.9 Å². The average molecular weight is 321 g/mol. The van der Waals surface area contributed by atoms with Gasteiger partial charge >= 0.3 is 0 Å². The SMILES string of the molecule is C=C/C(=C\C=C(/C)c1cn[nH]c1)NC(=O)CCCc1ccccc1. The van der Waals surface area contributed by atoms with E-state index < -0.39 is 0 Å². The van der Waals surface area contributed by atoms with Gasteiger partial charge in [-0.3, -0.25) is 9.89 Å². The Morgan fingerprint density at radius 1 is 1.29 bits per heavy atom. The fraction of sp³-hybridized carbons (Fsp3) is 0.200. The fourth-order valence-electron chi connectivity index (χ4n) is 2.26. The Balaban J connectivity index is 1.83. The molecule has 2 N–H and O–H groups in total. The maximum atomic E-state index is 12.0. The first-order valence-corrected chi connectivity index (χ1v) is 8.03. The molecule has 0 aliphatic carbocycles. The first-order valence-electron chi connectivity index (χ1n) is 8.03. The van der Waals surface area contributed by atoms with E-state index in [2.05, 4.69) is 34.2 Å². The molecule has 0 bridgehead atoms.